The maximum absolute atomic E-state index is 10.3. The summed E-state index contributed by atoms with van der Waals surface area (Å²) in [6.45, 7) is 0.0128. The summed E-state index contributed by atoms with van der Waals surface area (Å²) in [6.07, 6.45) is 0. The standard InChI is InChI=1S/C8H4Cl4O2/c9-5-1-4(3-14-8(12)13)2-6(10)7(5)11/h1-2H,3H2. The molecule has 1 rings (SSSR count). The van der Waals surface area contributed by atoms with Crippen LogP contribution in [0.2, 0.25) is 15.1 Å². The number of benzene rings is 1. The first-order valence-electron chi connectivity index (χ1n) is 3.46. The van der Waals surface area contributed by atoms with Gasteiger partial charge in [0.2, 0.25) is 0 Å². The van der Waals surface area contributed by atoms with E-state index >= 15 is 0 Å². The van der Waals surface area contributed by atoms with E-state index in [0.717, 1.165) is 0 Å². The molecule has 2 nitrogen and oxygen atoms in total. The first-order valence-corrected chi connectivity index (χ1v) is 4.97. The second-order valence-corrected chi connectivity index (χ2v) is 3.90. The molecule has 14 heavy (non-hydrogen) atoms. The van der Waals surface area contributed by atoms with Crippen LogP contribution >= 0.6 is 46.4 Å². The summed E-state index contributed by atoms with van der Waals surface area (Å²) in [4.78, 5) is 10.3. The van der Waals surface area contributed by atoms with Gasteiger partial charge in [-0.2, -0.15) is 0 Å². The molecular weight excluding hydrogens is 270 g/mol. The number of hydrogen-bond donors (Lipinski definition) is 0. The lowest BCUT2D eigenvalue weighted by Crippen LogP contribution is -1.94. The van der Waals surface area contributed by atoms with Gasteiger partial charge in [0.15, 0.2) is 0 Å². The van der Waals surface area contributed by atoms with Crippen LogP contribution in [0.3, 0.4) is 0 Å². The average Bonchev–Trinajstić information content (AvgIpc) is 2.10. The number of halogens is 4. The Morgan fingerprint density at radius 1 is 1.21 bits per heavy atom. The maximum Gasteiger partial charge on any atom is 0.404 e. The predicted molar refractivity (Wildman–Crippen MR) is 57.5 cm³/mol. The summed E-state index contributed by atoms with van der Waals surface area (Å²) < 4.78 is 4.54. The molecule has 6 heteroatoms. The Balaban J connectivity index is 2.84. The van der Waals surface area contributed by atoms with Gasteiger partial charge >= 0.3 is 5.43 Å². The molecule has 0 N–H and O–H groups in total. The van der Waals surface area contributed by atoms with E-state index in [1.165, 1.54) is 0 Å². The molecule has 0 aliphatic heterocycles. The van der Waals surface area contributed by atoms with E-state index in [2.05, 4.69) is 4.74 Å². The summed E-state index contributed by atoms with van der Waals surface area (Å²) in [5.41, 5.74) is -0.259. The predicted octanol–water partition coefficient (Wildman–Crippen LogP) is 4.52. The number of ether oxygens (including phenoxy) is 1. The van der Waals surface area contributed by atoms with Crippen LogP contribution in [0.15, 0.2) is 12.1 Å². The topological polar surface area (TPSA) is 26.3 Å². The second-order valence-electron chi connectivity index (χ2n) is 2.40. The van der Waals surface area contributed by atoms with Crippen molar-refractivity contribution in [3.05, 3.63) is 32.8 Å². The van der Waals surface area contributed by atoms with Crippen LogP contribution in [0, 0.1) is 0 Å². The number of carbonyl (C=O) groups is 1. The highest BCUT2D eigenvalue weighted by Crippen LogP contribution is 2.31. The van der Waals surface area contributed by atoms with Gasteiger partial charge in [-0.15, -0.1) is 0 Å². The average molecular weight is 274 g/mol. The largest absolute Gasteiger partial charge is 0.449 e. The molecule has 1 aromatic carbocycles. The number of hydrogen-bond acceptors (Lipinski definition) is 2. The minimum Gasteiger partial charge on any atom is -0.449 e. The van der Waals surface area contributed by atoms with Crippen molar-refractivity contribution in [2.75, 3.05) is 0 Å². The third kappa shape index (κ3) is 3.21. The molecule has 76 valence electrons. The molecule has 0 amide bonds. The Kier molecular flexibility index (Phi) is 4.32. The molecule has 0 saturated heterocycles. The molecular formula is C8H4Cl4O2. The van der Waals surface area contributed by atoms with Gasteiger partial charge < -0.3 is 4.74 Å². The minimum atomic E-state index is -0.882. The zero-order valence-electron chi connectivity index (χ0n) is 6.69. The molecule has 0 aliphatic carbocycles. The molecule has 0 spiro atoms. The van der Waals surface area contributed by atoms with Crippen molar-refractivity contribution < 1.29 is 9.53 Å². The fourth-order valence-corrected chi connectivity index (χ4v) is 1.53. The van der Waals surface area contributed by atoms with Crippen LogP contribution in [0.5, 0.6) is 0 Å². The highest BCUT2D eigenvalue weighted by atomic mass is 35.5. The number of carbonyl (C=O) groups excluding carboxylic acids is 1. The van der Waals surface area contributed by atoms with E-state index in [0.29, 0.717) is 15.6 Å². The summed E-state index contributed by atoms with van der Waals surface area (Å²) >= 11 is 22.2. The highest BCUT2D eigenvalue weighted by Gasteiger charge is 2.06. The Bertz CT molecular complexity index is 341. The molecule has 0 unspecified atom stereocenters. The molecule has 0 fully saturated rings. The van der Waals surface area contributed by atoms with Gasteiger partial charge in [0, 0.05) is 11.6 Å². The smallest absolute Gasteiger partial charge is 0.404 e. The van der Waals surface area contributed by atoms with Crippen LogP contribution in [0.4, 0.5) is 4.79 Å². The summed E-state index contributed by atoms with van der Waals surface area (Å²) in [6, 6.07) is 3.10. The van der Waals surface area contributed by atoms with E-state index < -0.39 is 5.43 Å². The lowest BCUT2D eigenvalue weighted by atomic mass is 10.2. The van der Waals surface area contributed by atoms with Crippen molar-refractivity contribution in [3.63, 3.8) is 0 Å². The molecule has 0 atom stereocenters. The fraction of sp³-hybridized carbons (Fsp3) is 0.125. The van der Waals surface area contributed by atoms with Crippen LogP contribution < -0.4 is 0 Å². The Labute approximate surface area is 101 Å². The Hall–Kier alpha value is -0.150. The van der Waals surface area contributed by atoms with Crippen molar-refractivity contribution in [2.24, 2.45) is 0 Å². The van der Waals surface area contributed by atoms with Crippen LogP contribution in [-0.4, -0.2) is 5.43 Å². The fourth-order valence-electron chi connectivity index (χ4n) is 0.831. The monoisotopic (exact) mass is 272 g/mol. The molecule has 0 heterocycles. The maximum atomic E-state index is 10.3. The third-order valence-electron chi connectivity index (χ3n) is 1.40. The van der Waals surface area contributed by atoms with Gasteiger partial charge in [-0.1, -0.05) is 34.8 Å². The van der Waals surface area contributed by atoms with Gasteiger partial charge in [0.25, 0.3) is 0 Å². The van der Waals surface area contributed by atoms with Crippen LogP contribution in [0.1, 0.15) is 5.56 Å². The van der Waals surface area contributed by atoms with Gasteiger partial charge in [-0.3, -0.25) is 0 Å². The van der Waals surface area contributed by atoms with Crippen LogP contribution in [-0.2, 0) is 11.3 Å². The minimum absolute atomic E-state index is 0.0128. The van der Waals surface area contributed by atoms with Gasteiger partial charge in [0.05, 0.1) is 15.1 Å². The highest BCUT2D eigenvalue weighted by molar-refractivity contribution is 6.61. The van der Waals surface area contributed by atoms with E-state index in [9.17, 15) is 4.79 Å². The zero-order chi connectivity index (χ0) is 10.7. The zero-order valence-corrected chi connectivity index (χ0v) is 9.71. The van der Waals surface area contributed by atoms with Crippen molar-refractivity contribution in [1.29, 1.82) is 0 Å². The summed E-state index contributed by atoms with van der Waals surface area (Å²) in [7, 11) is 0. The Morgan fingerprint density at radius 3 is 2.14 bits per heavy atom. The van der Waals surface area contributed by atoms with E-state index in [4.69, 9.17) is 46.4 Å². The van der Waals surface area contributed by atoms with Gasteiger partial charge in [-0.05, 0) is 17.7 Å². The third-order valence-corrected chi connectivity index (χ3v) is 2.70. The molecule has 1 aromatic rings. The van der Waals surface area contributed by atoms with Gasteiger partial charge in [-0.25, -0.2) is 4.79 Å². The van der Waals surface area contributed by atoms with Crippen molar-refractivity contribution in [2.45, 2.75) is 6.61 Å². The van der Waals surface area contributed by atoms with Crippen molar-refractivity contribution in [3.8, 4) is 0 Å². The Morgan fingerprint density at radius 2 is 1.71 bits per heavy atom. The van der Waals surface area contributed by atoms with E-state index in [1.54, 1.807) is 12.1 Å². The van der Waals surface area contributed by atoms with E-state index in [1.807, 2.05) is 0 Å². The molecule has 0 bridgehead atoms. The lowest BCUT2D eigenvalue weighted by Gasteiger charge is -2.04. The molecule has 0 aromatic heterocycles. The normalized spacial score (nSPS) is 10.0. The van der Waals surface area contributed by atoms with Crippen molar-refractivity contribution in [1.82, 2.24) is 0 Å². The number of rotatable bonds is 2. The summed E-state index contributed by atoms with van der Waals surface area (Å²) in [5.74, 6) is 0. The molecule has 0 saturated carbocycles. The second kappa shape index (κ2) is 5.08. The lowest BCUT2D eigenvalue weighted by molar-refractivity contribution is 0.167. The van der Waals surface area contributed by atoms with E-state index in [-0.39, 0.29) is 11.6 Å². The first kappa shape index (κ1) is 11.9. The SMILES string of the molecule is O=C(Cl)OCc1cc(Cl)c(Cl)c(Cl)c1. The molecule has 0 radical (unpaired) electrons. The van der Waals surface area contributed by atoms with Gasteiger partial charge in [0.1, 0.15) is 6.61 Å². The van der Waals surface area contributed by atoms with Crippen LogP contribution in [0.25, 0.3) is 0 Å². The quantitative estimate of drug-likeness (QED) is 0.585. The summed E-state index contributed by atoms with van der Waals surface area (Å²) in [5, 5.41) is 0.883. The first-order chi connectivity index (χ1) is 6.50. The molecule has 0 aliphatic rings. The van der Waals surface area contributed by atoms with Crippen molar-refractivity contribution >= 4 is 51.8 Å².